The number of nitrogen functional groups attached to an aromatic ring is 1. The van der Waals surface area contributed by atoms with Gasteiger partial charge in [-0.3, -0.25) is 0 Å². The molecule has 0 saturated heterocycles. The highest BCUT2D eigenvalue weighted by molar-refractivity contribution is 5.67. The van der Waals surface area contributed by atoms with Gasteiger partial charge >= 0.3 is 0 Å². The van der Waals surface area contributed by atoms with Gasteiger partial charge in [-0.25, -0.2) is 4.98 Å². The van der Waals surface area contributed by atoms with E-state index in [1.165, 1.54) is 6.33 Å². The van der Waals surface area contributed by atoms with E-state index in [0.717, 1.165) is 6.42 Å². The minimum Gasteiger partial charge on any atom is -0.476 e. The molecule has 0 aliphatic rings. The Labute approximate surface area is 107 Å². The van der Waals surface area contributed by atoms with Crippen LogP contribution < -0.4 is 15.4 Å². The predicted octanol–water partition coefficient (Wildman–Crippen LogP) is 1.59. The molecule has 1 rings (SSSR count). The summed E-state index contributed by atoms with van der Waals surface area (Å²) < 4.78 is 5.45. The number of hydrogen-bond donors (Lipinski definition) is 1. The molecule has 1 heterocycles. The van der Waals surface area contributed by atoms with Crippen LogP contribution in [0.1, 0.15) is 26.7 Å². The highest BCUT2D eigenvalue weighted by Crippen LogP contribution is 2.28. The number of nitrogens with two attached hydrogens (primary N) is 1. The van der Waals surface area contributed by atoms with E-state index in [2.05, 4.69) is 16.0 Å². The molecule has 6 heteroatoms. The lowest BCUT2D eigenvalue weighted by Crippen LogP contribution is -2.30. The lowest BCUT2D eigenvalue weighted by atomic mass is 10.2. The highest BCUT2D eigenvalue weighted by atomic mass is 16.5. The fourth-order valence-electron chi connectivity index (χ4n) is 1.44. The van der Waals surface area contributed by atoms with Crippen LogP contribution in [0.15, 0.2) is 6.33 Å². The maximum absolute atomic E-state index is 8.71. The monoisotopic (exact) mass is 249 g/mol. The van der Waals surface area contributed by atoms with Gasteiger partial charge < -0.3 is 15.4 Å². The molecule has 0 amide bonds. The third-order valence-electron chi connectivity index (χ3n) is 2.65. The number of ether oxygens (including phenoxy) is 1. The summed E-state index contributed by atoms with van der Waals surface area (Å²) >= 11 is 0. The Morgan fingerprint density at radius 1 is 1.56 bits per heavy atom. The van der Waals surface area contributed by atoms with E-state index in [1.54, 1.807) is 0 Å². The standard InChI is InChI=1S/C12H19N5O/c1-4-7-18-12-10(14)11(15-8-16-12)17(3)9(2)5-6-13/h8-9H,4-5,7,14H2,1-3H3. The van der Waals surface area contributed by atoms with Crippen molar-refractivity contribution in [1.82, 2.24) is 9.97 Å². The van der Waals surface area contributed by atoms with Gasteiger partial charge in [-0.1, -0.05) is 6.92 Å². The van der Waals surface area contributed by atoms with E-state index in [4.69, 9.17) is 15.7 Å². The second kappa shape index (κ2) is 6.64. The lowest BCUT2D eigenvalue weighted by Gasteiger charge is -2.25. The second-order valence-electron chi connectivity index (χ2n) is 4.09. The van der Waals surface area contributed by atoms with Crippen molar-refractivity contribution in [3.8, 4) is 11.9 Å². The maximum Gasteiger partial charge on any atom is 0.242 e. The quantitative estimate of drug-likeness (QED) is 0.823. The molecule has 1 atom stereocenters. The molecule has 0 spiro atoms. The maximum atomic E-state index is 8.71. The van der Waals surface area contributed by atoms with Crippen LogP contribution in [0.5, 0.6) is 5.88 Å². The normalized spacial score (nSPS) is 11.7. The van der Waals surface area contributed by atoms with Crippen LogP contribution in [0.25, 0.3) is 0 Å². The van der Waals surface area contributed by atoms with Crippen molar-refractivity contribution in [2.75, 3.05) is 24.3 Å². The van der Waals surface area contributed by atoms with Gasteiger partial charge in [0.1, 0.15) is 12.0 Å². The summed E-state index contributed by atoms with van der Waals surface area (Å²) in [5.74, 6) is 0.997. The minimum absolute atomic E-state index is 0.0335. The molecule has 1 unspecified atom stereocenters. The summed E-state index contributed by atoms with van der Waals surface area (Å²) in [5, 5.41) is 8.71. The Balaban J connectivity index is 2.92. The molecule has 98 valence electrons. The van der Waals surface area contributed by atoms with Crippen molar-refractivity contribution < 1.29 is 4.74 Å². The molecule has 6 nitrogen and oxygen atoms in total. The molecule has 18 heavy (non-hydrogen) atoms. The highest BCUT2D eigenvalue weighted by Gasteiger charge is 2.17. The summed E-state index contributed by atoms with van der Waals surface area (Å²) in [6.45, 7) is 4.52. The van der Waals surface area contributed by atoms with Gasteiger partial charge in [0, 0.05) is 13.1 Å². The Morgan fingerprint density at radius 3 is 2.89 bits per heavy atom. The van der Waals surface area contributed by atoms with E-state index in [1.807, 2.05) is 25.8 Å². The van der Waals surface area contributed by atoms with Gasteiger partial charge in [-0.15, -0.1) is 0 Å². The molecule has 0 radical (unpaired) electrons. The number of aromatic nitrogens is 2. The first kappa shape index (κ1) is 14.0. The average molecular weight is 249 g/mol. The summed E-state index contributed by atoms with van der Waals surface area (Å²) in [6, 6.07) is 2.16. The molecular formula is C12H19N5O. The molecule has 0 aliphatic carbocycles. The number of rotatable bonds is 6. The lowest BCUT2D eigenvalue weighted by molar-refractivity contribution is 0.306. The van der Waals surface area contributed by atoms with Gasteiger partial charge in [0.15, 0.2) is 5.82 Å². The molecule has 1 aromatic heterocycles. The molecular weight excluding hydrogens is 230 g/mol. The van der Waals surface area contributed by atoms with E-state index in [9.17, 15) is 0 Å². The molecule has 0 saturated carbocycles. The van der Waals surface area contributed by atoms with Crippen molar-refractivity contribution in [1.29, 1.82) is 5.26 Å². The van der Waals surface area contributed by atoms with Crippen molar-refractivity contribution in [2.45, 2.75) is 32.7 Å². The zero-order valence-electron chi connectivity index (χ0n) is 11.1. The largest absolute Gasteiger partial charge is 0.476 e. The van der Waals surface area contributed by atoms with Gasteiger partial charge in [0.05, 0.1) is 19.1 Å². The molecule has 0 bridgehead atoms. The van der Waals surface area contributed by atoms with Gasteiger partial charge in [-0.05, 0) is 13.3 Å². The fourth-order valence-corrected chi connectivity index (χ4v) is 1.44. The van der Waals surface area contributed by atoms with E-state index >= 15 is 0 Å². The molecule has 0 aromatic carbocycles. The van der Waals surface area contributed by atoms with E-state index in [-0.39, 0.29) is 6.04 Å². The van der Waals surface area contributed by atoms with Crippen LogP contribution in [0.4, 0.5) is 11.5 Å². The van der Waals surface area contributed by atoms with Crippen LogP contribution in [0.2, 0.25) is 0 Å². The van der Waals surface area contributed by atoms with Crippen LogP contribution in [0, 0.1) is 11.3 Å². The first-order valence-electron chi connectivity index (χ1n) is 5.94. The van der Waals surface area contributed by atoms with Crippen molar-refractivity contribution in [3.05, 3.63) is 6.33 Å². The van der Waals surface area contributed by atoms with Crippen LogP contribution >= 0.6 is 0 Å². The van der Waals surface area contributed by atoms with Gasteiger partial charge in [-0.2, -0.15) is 10.2 Å². The third kappa shape index (κ3) is 3.23. The number of hydrogen-bond acceptors (Lipinski definition) is 6. The van der Waals surface area contributed by atoms with Crippen molar-refractivity contribution in [3.63, 3.8) is 0 Å². The van der Waals surface area contributed by atoms with Crippen molar-refractivity contribution >= 4 is 11.5 Å². The fraction of sp³-hybridized carbons (Fsp3) is 0.583. The first-order valence-corrected chi connectivity index (χ1v) is 5.94. The second-order valence-corrected chi connectivity index (χ2v) is 4.09. The topological polar surface area (TPSA) is 88.1 Å². The smallest absolute Gasteiger partial charge is 0.242 e. The third-order valence-corrected chi connectivity index (χ3v) is 2.65. The van der Waals surface area contributed by atoms with Crippen LogP contribution in [-0.2, 0) is 0 Å². The molecule has 2 N–H and O–H groups in total. The first-order chi connectivity index (χ1) is 8.61. The molecule has 1 aromatic rings. The summed E-state index contributed by atoms with van der Waals surface area (Å²) in [7, 11) is 1.85. The van der Waals surface area contributed by atoms with E-state index < -0.39 is 0 Å². The minimum atomic E-state index is 0.0335. The average Bonchev–Trinajstić information content (AvgIpc) is 2.37. The summed E-state index contributed by atoms with van der Waals surface area (Å²) in [6.07, 6.45) is 2.72. The van der Waals surface area contributed by atoms with Crippen LogP contribution in [0.3, 0.4) is 0 Å². The number of nitrogens with zero attached hydrogens (tertiary/aromatic N) is 4. The SMILES string of the molecule is CCCOc1ncnc(N(C)C(C)CC#N)c1N. The van der Waals surface area contributed by atoms with Gasteiger partial charge in [0.2, 0.25) is 5.88 Å². The molecule has 0 fully saturated rings. The summed E-state index contributed by atoms with van der Waals surface area (Å²) in [4.78, 5) is 10.0. The summed E-state index contributed by atoms with van der Waals surface area (Å²) in [5.41, 5.74) is 6.40. The molecule has 0 aliphatic heterocycles. The zero-order chi connectivity index (χ0) is 13.5. The number of nitriles is 1. The predicted molar refractivity (Wildman–Crippen MR) is 70.3 cm³/mol. The van der Waals surface area contributed by atoms with E-state index in [0.29, 0.717) is 30.4 Å². The number of anilines is 2. The Kier molecular flexibility index (Phi) is 5.18. The Morgan fingerprint density at radius 2 is 2.28 bits per heavy atom. The Hall–Kier alpha value is -2.03. The van der Waals surface area contributed by atoms with Crippen LogP contribution in [-0.4, -0.2) is 29.7 Å². The zero-order valence-corrected chi connectivity index (χ0v) is 11.1. The van der Waals surface area contributed by atoms with Gasteiger partial charge in [0.25, 0.3) is 0 Å². The van der Waals surface area contributed by atoms with Crippen molar-refractivity contribution in [2.24, 2.45) is 0 Å². The Bertz CT molecular complexity index is 429.